The standard InChI is InChI=1S/C16H19N5O4/c1-23-12-4-3-5-13(24-2)14(12)11-10-18-20-15(19-11)17-6-7-21-8-9-25-16(21)22/h3-5,10H,6-9H2,1-2H3,(H,17,19,20). The first kappa shape index (κ1) is 16.7. The fourth-order valence-electron chi connectivity index (χ4n) is 2.53. The molecule has 3 rings (SSSR count). The van der Waals surface area contributed by atoms with Gasteiger partial charge in [-0.15, -0.1) is 5.10 Å². The number of benzene rings is 1. The molecule has 0 spiro atoms. The molecule has 9 heteroatoms. The van der Waals surface area contributed by atoms with Crippen LogP contribution in [0.25, 0.3) is 11.3 Å². The van der Waals surface area contributed by atoms with E-state index < -0.39 is 0 Å². The lowest BCUT2D eigenvalue weighted by Gasteiger charge is -2.14. The molecule has 2 aromatic rings. The Morgan fingerprint density at radius 2 is 2.04 bits per heavy atom. The van der Waals surface area contributed by atoms with E-state index in [9.17, 15) is 4.79 Å². The third-order valence-electron chi connectivity index (χ3n) is 3.75. The molecule has 25 heavy (non-hydrogen) atoms. The zero-order valence-corrected chi connectivity index (χ0v) is 14.1. The molecule has 1 fully saturated rings. The largest absolute Gasteiger partial charge is 0.496 e. The van der Waals surface area contributed by atoms with E-state index in [-0.39, 0.29) is 6.09 Å². The molecule has 1 saturated heterocycles. The van der Waals surface area contributed by atoms with Crippen LogP contribution in [0.2, 0.25) is 0 Å². The molecular formula is C16H19N5O4. The first-order valence-corrected chi connectivity index (χ1v) is 7.79. The van der Waals surface area contributed by atoms with Crippen LogP contribution in [0, 0.1) is 0 Å². The van der Waals surface area contributed by atoms with Gasteiger partial charge < -0.3 is 24.4 Å². The fourth-order valence-corrected chi connectivity index (χ4v) is 2.53. The van der Waals surface area contributed by atoms with Gasteiger partial charge in [0.15, 0.2) is 0 Å². The first-order chi connectivity index (χ1) is 12.2. The molecular weight excluding hydrogens is 326 g/mol. The summed E-state index contributed by atoms with van der Waals surface area (Å²) in [6.45, 7) is 2.02. The van der Waals surface area contributed by atoms with Crippen molar-refractivity contribution in [1.82, 2.24) is 20.1 Å². The Labute approximate surface area is 144 Å². The average molecular weight is 345 g/mol. The van der Waals surface area contributed by atoms with Crippen LogP contribution in [0.3, 0.4) is 0 Å². The van der Waals surface area contributed by atoms with Crippen molar-refractivity contribution in [2.24, 2.45) is 0 Å². The van der Waals surface area contributed by atoms with Crippen LogP contribution in [0.5, 0.6) is 11.5 Å². The van der Waals surface area contributed by atoms with Crippen molar-refractivity contribution < 1.29 is 19.0 Å². The van der Waals surface area contributed by atoms with Crippen molar-refractivity contribution in [1.29, 1.82) is 0 Å². The second-order valence-electron chi connectivity index (χ2n) is 5.23. The molecule has 1 aromatic carbocycles. The van der Waals surface area contributed by atoms with Gasteiger partial charge in [0.1, 0.15) is 23.8 Å². The lowest BCUT2D eigenvalue weighted by atomic mass is 10.1. The minimum absolute atomic E-state index is 0.298. The van der Waals surface area contributed by atoms with E-state index in [1.54, 1.807) is 25.3 Å². The quantitative estimate of drug-likeness (QED) is 0.804. The molecule has 1 aromatic heterocycles. The number of cyclic esters (lactones) is 1. The van der Waals surface area contributed by atoms with Gasteiger partial charge in [-0.3, -0.25) is 0 Å². The van der Waals surface area contributed by atoms with E-state index in [1.807, 2.05) is 18.2 Å². The SMILES string of the molecule is COc1cccc(OC)c1-c1cnnc(NCCN2CCOC2=O)n1. The molecule has 1 aliphatic heterocycles. The summed E-state index contributed by atoms with van der Waals surface area (Å²) < 4.78 is 15.7. The van der Waals surface area contributed by atoms with Crippen molar-refractivity contribution in [3.8, 4) is 22.8 Å². The number of carbonyl (C=O) groups excluding carboxylic acids is 1. The van der Waals surface area contributed by atoms with Gasteiger partial charge in [-0.25, -0.2) is 9.78 Å². The number of rotatable bonds is 7. The Bertz CT molecular complexity index is 733. The maximum absolute atomic E-state index is 11.4. The number of amides is 1. The van der Waals surface area contributed by atoms with Gasteiger partial charge in [0.2, 0.25) is 5.95 Å². The number of hydrogen-bond donors (Lipinski definition) is 1. The number of hydrogen-bond acceptors (Lipinski definition) is 8. The number of methoxy groups -OCH3 is 2. The van der Waals surface area contributed by atoms with E-state index in [0.29, 0.717) is 54.9 Å². The van der Waals surface area contributed by atoms with Crippen LogP contribution in [0.1, 0.15) is 0 Å². The molecule has 1 aliphatic rings. The topological polar surface area (TPSA) is 98.7 Å². The summed E-state index contributed by atoms with van der Waals surface area (Å²) in [5.41, 5.74) is 1.28. The predicted molar refractivity (Wildman–Crippen MR) is 89.8 cm³/mol. The third-order valence-corrected chi connectivity index (χ3v) is 3.75. The number of nitrogens with zero attached hydrogens (tertiary/aromatic N) is 4. The van der Waals surface area contributed by atoms with Crippen LogP contribution in [-0.2, 0) is 4.74 Å². The summed E-state index contributed by atoms with van der Waals surface area (Å²) in [7, 11) is 3.17. The molecule has 0 unspecified atom stereocenters. The molecule has 0 radical (unpaired) electrons. The van der Waals surface area contributed by atoms with Crippen LogP contribution in [-0.4, -0.2) is 66.6 Å². The lowest BCUT2D eigenvalue weighted by Crippen LogP contribution is -2.30. The minimum atomic E-state index is -0.298. The van der Waals surface area contributed by atoms with Gasteiger partial charge in [0.25, 0.3) is 0 Å². The molecule has 0 saturated carbocycles. The average Bonchev–Trinajstić information content (AvgIpc) is 3.06. The highest BCUT2D eigenvalue weighted by Gasteiger charge is 2.21. The van der Waals surface area contributed by atoms with Crippen molar-refractivity contribution in [3.05, 3.63) is 24.4 Å². The van der Waals surface area contributed by atoms with E-state index in [1.165, 1.54) is 0 Å². The summed E-state index contributed by atoms with van der Waals surface area (Å²) >= 11 is 0. The zero-order valence-electron chi connectivity index (χ0n) is 14.1. The number of aromatic nitrogens is 3. The van der Waals surface area contributed by atoms with E-state index in [4.69, 9.17) is 14.2 Å². The van der Waals surface area contributed by atoms with Gasteiger partial charge in [0, 0.05) is 13.1 Å². The Kier molecular flexibility index (Phi) is 5.12. The van der Waals surface area contributed by atoms with Crippen LogP contribution in [0.15, 0.2) is 24.4 Å². The van der Waals surface area contributed by atoms with E-state index in [2.05, 4.69) is 20.5 Å². The van der Waals surface area contributed by atoms with E-state index >= 15 is 0 Å². The number of anilines is 1. The van der Waals surface area contributed by atoms with Gasteiger partial charge in [-0.1, -0.05) is 6.07 Å². The molecule has 0 atom stereocenters. The van der Waals surface area contributed by atoms with Gasteiger partial charge >= 0.3 is 6.09 Å². The molecule has 0 aliphatic carbocycles. The molecule has 0 bridgehead atoms. The Hall–Kier alpha value is -3.10. The highest BCUT2D eigenvalue weighted by atomic mass is 16.6. The summed E-state index contributed by atoms with van der Waals surface area (Å²) in [4.78, 5) is 17.5. The maximum atomic E-state index is 11.4. The molecule has 9 nitrogen and oxygen atoms in total. The number of ether oxygens (including phenoxy) is 3. The van der Waals surface area contributed by atoms with Crippen molar-refractivity contribution in [2.75, 3.05) is 45.8 Å². The molecule has 1 N–H and O–H groups in total. The monoisotopic (exact) mass is 345 g/mol. The van der Waals surface area contributed by atoms with E-state index in [0.717, 1.165) is 0 Å². The number of carbonyl (C=O) groups is 1. The molecule has 1 amide bonds. The van der Waals surface area contributed by atoms with Crippen molar-refractivity contribution in [3.63, 3.8) is 0 Å². The minimum Gasteiger partial charge on any atom is -0.496 e. The maximum Gasteiger partial charge on any atom is 0.409 e. The molecule has 132 valence electrons. The van der Waals surface area contributed by atoms with Gasteiger partial charge in [-0.05, 0) is 12.1 Å². The van der Waals surface area contributed by atoms with Crippen molar-refractivity contribution in [2.45, 2.75) is 0 Å². The number of nitrogens with one attached hydrogen (secondary N) is 1. The third kappa shape index (κ3) is 3.70. The van der Waals surface area contributed by atoms with Crippen molar-refractivity contribution >= 4 is 12.0 Å². The van der Waals surface area contributed by atoms with Crippen LogP contribution < -0.4 is 14.8 Å². The Balaban J connectivity index is 1.74. The summed E-state index contributed by atoms with van der Waals surface area (Å²) in [5, 5.41) is 11.0. The highest BCUT2D eigenvalue weighted by Crippen LogP contribution is 2.36. The summed E-state index contributed by atoms with van der Waals surface area (Å²) in [6, 6.07) is 5.49. The lowest BCUT2D eigenvalue weighted by molar-refractivity contribution is 0.159. The smallest absolute Gasteiger partial charge is 0.409 e. The normalized spacial score (nSPS) is 13.5. The summed E-state index contributed by atoms with van der Waals surface area (Å²) in [6.07, 6.45) is 1.25. The zero-order chi connectivity index (χ0) is 17.6. The van der Waals surface area contributed by atoms with Crippen LogP contribution in [0.4, 0.5) is 10.7 Å². The Morgan fingerprint density at radius 3 is 2.68 bits per heavy atom. The first-order valence-electron chi connectivity index (χ1n) is 7.79. The van der Waals surface area contributed by atoms with Gasteiger partial charge in [0.05, 0.1) is 32.5 Å². The van der Waals surface area contributed by atoms with Gasteiger partial charge in [-0.2, -0.15) is 5.10 Å². The second kappa shape index (κ2) is 7.65. The second-order valence-corrected chi connectivity index (χ2v) is 5.23. The molecule has 2 heterocycles. The van der Waals surface area contributed by atoms with Crippen LogP contribution >= 0.6 is 0 Å². The predicted octanol–water partition coefficient (Wildman–Crippen LogP) is 1.42. The highest BCUT2D eigenvalue weighted by molar-refractivity contribution is 5.74. The Morgan fingerprint density at radius 1 is 1.28 bits per heavy atom. The fraction of sp³-hybridized carbons (Fsp3) is 0.375. The summed E-state index contributed by atoms with van der Waals surface area (Å²) in [5.74, 6) is 1.62.